The lowest BCUT2D eigenvalue weighted by Crippen LogP contribution is -2.32. The van der Waals surface area contributed by atoms with Gasteiger partial charge in [0.1, 0.15) is 0 Å². The van der Waals surface area contributed by atoms with Crippen LogP contribution in [0.15, 0.2) is 83.8 Å². The highest BCUT2D eigenvalue weighted by Crippen LogP contribution is 2.40. The van der Waals surface area contributed by atoms with Crippen LogP contribution in [0, 0.1) is 0 Å². The number of hydrogen-bond donors (Lipinski definition) is 0. The van der Waals surface area contributed by atoms with Crippen LogP contribution in [-0.2, 0) is 23.0 Å². The van der Waals surface area contributed by atoms with Crippen LogP contribution in [0.4, 0.5) is 5.69 Å². The van der Waals surface area contributed by atoms with Crippen molar-refractivity contribution in [1.82, 2.24) is 4.90 Å². The second kappa shape index (κ2) is 8.48. The largest absolute Gasteiger partial charge is 0.299 e. The Kier molecular flexibility index (Phi) is 5.55. The summed E-state index contributed by atoms with van der Waals surface area (Å²) >= 11 is 0. The van der Waals surface area contributed by atoms with Crippen molar-refractivity contribution >= 4 is 15.7 Å². The Morgan fingerprint density at radius 3 is 2.16 bits per heavy atom. The van der Waals surface area contributed by atoms with E-state index in [9.17, 15) is 8.42 Å². The molecule has 2 aliphatic heterocycles. The molecular weight excluding hydrogens is 404 g/mol. The first-order chi connectivity index (χ1) is 15.1. The quantitative estimate of drug-likeness (QED) is 0.581. The highest BCUT2D eigenvalue weighted by Gasteiger charge is 2.33. The second-order valence-electron chi connectivity index (χ2n) is 8.52. The summed E-state index contributed by atoms with van der Waals surface area (Å²) in [5.41, 5.74) is 4.81. The third-order valence-electron chi connectivity index (χ3n) is 6.63. The normalized spacial score (nSPS) is 17.6. The van der Waals surface area contributed by atoms with Crippen LogP contribution in [0.1, 0.15) is 35.4 Å². The second-order valence-corrected chi connectivity index (χ2v) is 10.4. The number of fused-ring (bicyclic) bond motifs is 1. The third-order valence-corrected chi connectivity index (χ3v) is 8.46. The molecule has 2 aliphatic rings. The molecule has 1 saturated heterocycles. The molecule has 3 aromatic carbocycles. The first-order valence-corrected chi connectivity index (χ1v) is 12.5. The molecule has 0 unspecified atom stereocenters. The minimum absolute atomic E-state index is 0.363. The van der Waals surface area contributed by atoms with Crippen LogP contribution in [0.3, 0.4) is 0 Å². The molecule has 0 atom stereocenters. The van der Waals surface area contributed by atoms with Crippen LogP contribution in [0.5, 0.6) is 0 Å². The SMILES string of the molecule is O=S(=O)(c1ccccc1)N1CCc2c(C3CCN(Cc4ccccc4)CC3)cccc21. The maximum atomic E-state index is 13.2. The first-order valence-electron chi connectivity index (χ1n) is 11.1. The molecule has 31 heavy (non-hydrogen) atoms. The topological polar surface area (TPSA) is 40.6 Å². The van der Waals surface area contributed by atoms with Crippen molar-refractivity contribution < 1.29 is 8.42 Å². The van der Waals surface area contributed by atoms with E-state index in [2.05, 4.69) is 41.3 Å². The van der Waals surface area contributed by atoms with E-state index in [1.54, 1.807) is 28.6 Å². The summed E-state index contributed by atoms with van der Waals surface area (Å²) in [6, 6.07) is 25.6. The van der Waals surface area contributed by atoms with Crippen molar-refractivity contribution in [3.05, 3.63) is 95.6 Å². The van der Waals surface area contributed by atoms with Gasteiger partial charge in [0.25, 0.3) is 10.0 Å². The molecule has 0 spiro atoms. The van der Waals surface area contributed by atoms with Gasteiger partial charge in [-0.25, -0.2) is 8.42 Å². The number of piperidine rings is 1. The molecule has 0 N–H and O–H groups in total. The number of hydrogen-bond acceptors (Lipinski definition) is 3. The molecule has 160 valence electrons. The molecular formula is C26H28N2O2S. The average molecular weight is 433 g/mol. The van der Waals surface area contributed by atoms with E-state index in [0.29, 0.717) is 17.4 Å². The fourth-order valence-corrected chi connectivity index (χ4v) is 6.54. The summed E-state index contributed by atoms with van der Waals surface area (Å²) in [5.74, 6) is 0.501. The number of rotatable bonds is 5. The lowest BCUT2D eigenvalue weighted by atomic mass is 9.85. The van der Waals surface area contributed by atoms with Crippen molar-refractivity contribution in [3.63, 3.8) is 0 Å². The van der Waals surface area contributed by atoms with Gasteiger partial charge < -0.3 is 0 Å². The standard InChI is InChI=1S/C26H28N2O2S/c29-31(30,23-10-5-2-6-11-23)28-19-16-25-24(12-7-13-26(25)28)22-14-17-27(18-15-22)20-21-8-3-1-4-9-21/h1-13,22H,14-20H2. The monoisotopic (exact) mass is 432 g/mol. The maximum absolute atomic E-state index is 13.2. The fourth-order valence-electron chi connectivity index (χ4n) is 5.03. The van der Waals surface area contributed by atoms with Crippen molar-refractivity contribution in [2.45, 2.75) is 36.6 Å². The third kappa shape index (κ3) is 4.00. The van der Waals surface area contributed by atoms with Crippen molar-refractivity contribution in [2.75, 3.05) is 23.9 Å². The lowest BCUT2D eigenvalue weighted by Gasteiger charge is -2.33. The number of benzene rings is 3. The van der Waals surface area contributed by atoms with E-state index < -0.39 is 10.0 Å². The van der Waals surface area contributed by atoms with E-state index >= 15 is 0 Å². The summed E-state index contributed by atoms with van der Waals surface area (Å²) in [4.78, 5) is 2.89. The van der Waals surface area contributed by atoms with Gasteiger partial charge in [-0.15, -0.1) is 0 Å². The Bertz CT molecular complexity index is 1140. The fraction of sp³-hybridized carbons (Fsp3) is 0.308. The molecule has 4 nitrogen and oxygen atoms in total. The molecule has 3 aromatic rings. The van der Waals surface area contributed by atoms with Crippen LogP contribution in [0.25, 0.3) is 0 Å². The first kappa shape index (κ1) is 20.3. The molecule has 1 fully saturated rings. The molecule has 5 rings (SSSR count). The molecule has 0 amide bonds. The Balaban J connectivity index is 1.33. The maximum Gasteiger partial charge on any atom is 0.264 e. The molecule has 2 heterocycles. The van der Waals surface area contributed by atoms with Crippen LogP contribution in [-0.4, -0.2) is 33.0 Å². The van der Waals surface area contributed by atoms with Crippen LogP contribution < -0.4 is 4.31 Å². The molecule has 0 radical (unpaired) electrons. The number of likely N-dealkylation sites (tertiary alicyclic amines) is 1. The lowest BCUT2D eigenvalue weighted by molar-refractivity contribution is 0.204. The van der Waals surface area contributed by atoms with E-state index in [4.69, 9.17) is 0 Å². The number of anilines is 1. The molecule has 0 saturated carbocycles. The van der Waals surface area contributed by atoms with Gasteiger partial charge in [-0.05, 0) is 73.2 Å². The van der Waals surface area contributed by atoms with Crippen LogP contribution in [0.2, 0.25) is 0 Å². The van der Waals surface area contributed by atoms with Gasteiger partial charge in [0.2, 0.25) is 0 Å². The zero-order valence-corrected chi connectivity index (χ0v) is 18.5. The van der Waals surface area contributed by atoms with Gasteiger partial charge in [0.05, 0.1) is 10.6 Å². The minimum atomic E-state index is -3.52. The van der Waals surface area contributed by atoms with E-state index in [0.717, 1.165) is 44.6 Å². The highest BCUT2D eigenvalue weighted by atomic mass is 32.2. The average Bonchev–Trinajstić information content (AvgIpc) is 3.26. The van der Waals surface area contributed by atoms with E-state index in [1.165, 1.54) is 16.7 Å². The van der Waals surface area contributed by atoms with Gasteiger partial charge in [-0.1, -0.05) is 60.7 Å². The van der Waals surface area contributed by atoms with Gasteiger partial charge >= 0.3 is 0 Å². The minimum Gasteiger partial charge on any atom is -0.299 e. The summed E-state index contributed by atoms with van der Waals surface area (Å²) in [6.45, 7) is 3.69. The number of nitrogens with zero attached hydrogens (tertiary/aromatic N) is 2. The summed E-state index contributed by atoms with van der Waals surface area (Å²) in [5, 5.41) is 0. The van der Waals surface area contributed by atoms with Gasteiger partial charge in [0, 0.05) is 13.1 Å². The molecule has 5 heteroatoms. The van der Waals surface area contributed by atoms with Gasteiger partial charge in [0.15, 0.2) is 0 Å². The van der Waals surface area contributed by atoms with E-state index in [1.807, 2.05) is 18.2 Å². The predicted octanol–water partition coefficient (Wildman–Crippen LogP) is 4.82. The van der Waals surface area contributed by atoms with Gasteiger partial charge in [-0.3, -0.25) is 9.21 Å². The molecule has 0 aliphatic carbocycles. The Hall–Kier alpha value is -2.63. The van der Waals surface area contributed by atoms with Crippen molar-refractivity contribution in [3.8, 4) is 0 Å². The van der Waals surface area contributed by atoms with E-state index in [-0.39, 0.29) is 0 Å². The Morgan fingerprint density at radius 2 is 1.45 bits per heavy atom. The van der Waals surface area contributed by atoms with Crippen molar-refractivity contribution in [2.24, 2.45) is 0 Å². The zero-order valence-electron chi connectivity index (χ0n) is 17.7. The van der Waals surface area contributed by atoms with Crippen LogP contribution >= 0.6 is 0 Å². The molecule has 0 bridgehead atoms. The smallest absolute Gasteiger partial charge is 0.264 e. The summed E-state index contributed by atoms with van der Waals surface area (Å²) in [6.07, 6.45) is 3.03. The summed E-state index contributed by atoms with van der Waals surface area (Å²) in [7, 11) is -3.52. The summed E-state index contributed by atoms with van der Waals surface area (Å²) < 4.78 is 28.0. The highest BCUT2D eigenvalue weighted by molar-refractivity contribution is 7.92. The van der Waals surface area contributed by atoms with Gasteiger partial charge in [-0.2, -0.15) is 0 Å². The predicted molar refractivity (Wildman–Crippen MR) is 125 cm³/mol. The Labute approximate surface area is 185 Å². The number of sulfonamides is 1. The zero-order chi connectivity index (χ0) is 21.3. The molecule has 0 aromatic heterocycles. The van der Waals surface area contributed by atoms with Crippen molar-refractivity contribution in [1.29, 1.82) is 0 Å². The Morgan fingerprint density at radius 1 is 0.774 bits per heavy atom.